The molecule has 0 spiro atoms. The second-order valence-electron chi connectivity index (χ2n) is 5.20. The van der Waals surface area contributed by atoms with Crippen molar-refractivity contribution in [2.45, 2.75) is 23.5 Å². The van der Waals surface area contributed by atoms with Crippen LogP contribution in [-0.2, 0) is 27.4 Å². The maximum absolute atomic E-state index is 13.0. The van der Waals surface area contributed by atoms with E-state index in [1.54, 1.807) is 30.3 Å². The van der Waals surface area contributed by atoms with Gasteiger partial charge in [0.25, 0.3) is 0 Å². The Balaban J connectivity index is 2.35. The summed E-state index contributed by atoms with van der Waals surface area (Å²) in [6.07, 6.45) is -5.09. The van der Waals surface area contributed by atoms with Crippen molar-refractivity contribution in [3.8, 4) is 0 Å². The van der Waals surface area contributed by atoms with E-state index in [1.807, 2.05) is 4.72 Å². The molecule has 0 saturated carbocycles. The van der Waals surface area contributed by atoms with E-state index < -0.39 is 38.7 Å². The summed E-state index contributed by atoms with van der Waals surface area (Å²) in [4.78, 5) is 10.3. The predicted octanol–water partition coefficient (Wildman–Crippen LogP) is 2.68. The molecule has 2 aromatic carbocycles. The van der Waals surface area contributed by atoms with Gasteiger partial charge in [-0.25, -0.2) is 8.42 Å². The highest BCUT2D eigenvalue weighted by Gasteiger charge is 2.38. The number of carboxylic acid groups (broad SMARTS) is 1. The molecule has 0 heterocycles. The van der Waals surface area contributed by atoms with Gasteiger partial charge in [0.2, 0.25) is 10.0 Å². The number of nitrogens with one attached hydrogen (secondary N) is 1. The van der Waals surface area contributed by atoms with Crippen LogP contribution in [0.3, 0.4) is 0 Å². The Morgan fingerprint density at radius 1 is 1.04 bits per heavy atom. The van der Waals surface area contributed by atoms with Crippen LogP contribution in [0.15, 0.2) is 59.5 Å². The Bertz CT molecular complexity index is 851. The first-order chi connectivity index (χ1) is 11.6. The summed E-state index contributed by atoms with van der Waals surface area (Å²) in [6.45, 7) is 0. The zero-order valence-electron chi connectivity index (χ0n) is 12.7. The number of carboxylic acids is 1. The molecule has 0 fully saturated rings. The number of sulfonamides is 1. The highest BCUT2D eigenvalue weighted by Crippen LogP contribution is 2.33. The maximum atomic E-state index is 13.0. The molecule has 0 amide bonds. The first-order valence-corrected chi connectivity index (χ1v) is 8.55. The van der Waals surface area contributed by atoms with E-state index >= 15 is 0 Å². The average Bonchev–Trinajstić information content (AvgIpc) is 2.54. The van der Waals surface area contributed by atoms with E-state index in [4.69, 9.17) is 0 Å². The van der Waals surface area contributed by atoms with E-state index in [2.05, 4.69) is 0 Å². The van der Waals surface area contributed by atoms with Crippen molar-refractivity contribution in [2.75, 3.05) is 0 Å². The minimum Gasteiger partial charge on any atom is -0.480 e. The molecule has 1 unspecified atom stereocenters. The van der Waals surface area contributed by atoms with Gasteiger partial charge in [0.1, 0.15) is 6.04 Å². The molecule has 1 atom stereocenters. The lowest BCUT2D eigenvalue weighted by atomic mass is 10.1. The minimum absolute atomic E-state index is 0.205. The largest absolute Gasteiger partial charge is 0.480 e. The molecule has 9 heteroatoms. The molecular weight excluding hydrogens is 359 g/mol. The minimum atomic E-state index is -4.89. The first kappa shape index (κ1) is 18.9. The molecule has 0 aliphatic carbocycles. The zero-order chi connectivity index (χ0) is 18.7. The highest BCUT2D eigenvalue weighted by molar-refractivity contribution is 7.89. The van der Waals surface area contributed by atoms with Crippen LogP contribution in [0.4, 0.5) is 13.2 Å². The molecular formula is C16H14F3NO4S. The Kier molecular flexibility index (Phi) is 5.48. The van der Waals surface area contributed by atoms with Crippen molar-refractivity contribution in [1.82, 2.24) is 4.72 Å². The molecule has 134 valence electrons. The third-order valence-corrected chi connectivity index (χ3v) is 4.89. The Morgan fingerprint density at radius 2 is 1.60 bits per heavy atom. The standard InChI is InChI=1S/C16H14F3NO4S/c17-16(18,19)12-8-4-5-9-14(12)25(23,24)20-13(15(21)22)10-11-6-2-1-3-7-11/h1-9,13,20H,10H2,(H,21,22). The molecule has 25 heavy (non-hydrogen) atoms. The van der Waals surface area contributed by atoms with Gasteiger partial charge in [0.05, 0.1) is 10.5 Å². The van der Waals surface area contributed by atoms with Crippen molar-refractivity contribution in [2.24, 2.45) is 0 Å². The maximum Gasteiger partial charge on any atom is 0.417 e. The fourth-order valence-electron chi connectivity index (χ4n) is 2.22. The quantitative estimate of drug-likeness (QED) is 0.816. The average molecular weight is 373 g/mol. The van der Waals surface area contributed by atoms with Gasteiger partial charge in [0.15, 0.2) is 0 Å². The lowest BCUT2D eigenvalue weighted by Crippen LogP contribution is -2.42. The van der Waals surface area contributed by atoms with Crippen LogP contribution in [0.25, 0.3) is 0 Å². The van der Waals surface area contributed by atoms with E-state index in [1.165, 1.54) is 0 Å². The number of benzene rings is 2. The number of rotatable bonds is 6. The van der Waals surface area contributed by atoms with Crippen molar-refractivity contribution in [1.29, 1.82) is 0 Å². The summed E-state index contributed by atoms with van der Waals surface area (Å²) in [5.41, 5.74) is -0.826. The van der Waals surface area contributed by atoms with E-state index in [-0.39, 0.29) is 6.42 Å². The number of hydrogen-bond acceptors (Lipinski definition) is 3. The van der Waals surface area contributed by atoms with Gasteiger partial charge < -0.3 is 5.11 Å². The summed E-state index contributed by atoms with van der Waals surface area (Å²) < 4.78 is 65.5. The lowest BCUT2D eigenvalue weighted by Gasteiger charge is -2.17. The summed E-state index contributed by atoms with van der Waals surface area (Å²) in [5.74, 6) is -1.49. The Labute approximate surface area is 142 Å². The van der Waals surface area contributed by atoms with Gasteiger partial charge in [-0.15, -0.1) is 0 Å². The van der Waals surface area contributed by atoms with E-state index in [9.17, 15) is 31.5 Å². The van der Waals surface area contributed by atoms with Crippen LogP contribution in [0.2, 0.25) is 0 Å². The zero-order valence-corrected chi connectivity index (χ0v) is 13.5. The van der Waals surface area contributed by atoms with Gasteiger partial charge in [-0.1, -0.05) is 42.5 Å². The normalized spacial score (nSPS) is 13.4. The second kappa shape index (κ2) is 7.24. The summed E-state index contributed by atoms with van der Waals surface area (Å²) in [7, 11) is -4.69. The van der Waals surface area contributed by atoms with Crippen LogP contribution in [0.1, 0.15) is 11.1 Å². The number of carbonyl (C=O) groups is 1. The molecule has 0 radical (unpaired) electrons. The van der Waals surface area contributed by atoms with E-state index in [0.717, 1.165) is 18.2 Å². The molecule has 0 aliphatic rings. The lowest BCUT2D eigenvalue weighted by molar-refractivity contribution is -0.140. The second-order valence-corrected chi connectivity index (χ2v) is 6.88. The molecule has 2 N–H and O–H groups in total. The smallest absolute Gasteiger partial charge is 0.417 e. The summed E-state index contributed by atoms with van der Waals surface area (Å²) in [6, 6.07) is 10.2. The van der Waals surface area contributed by atoms with Crippen molar-refractivity contribution >= 4 is 16.0 Å². The molecule has 5 nitrogen and oxygen atoms in total. The van der Waals surface area contributed by atoms with Crippen LogP contribution >= 0.6 is 0 Å². The molecule has 0 bridgehead atoms. The van der Waals surface area contributed by atoms with Crippen molar-refractivity contribution in [3.05, 3.63) is 65.7 Å². The summed E-state index contributed by atoms with van der Waals surface area (Å²) >= 11 is 0. The van der Waals surface area contributed by atoms with Crippen LogP contribution < -0.4 is 4.72 Å². The predicted molar refractivity (Wildman–Crippen MR) is 83.3 cm³/mol. The van der Waals surface area contributed by atoms with Crippen LogP contribution in [-0.4, -0.2) is 25.5 Å². The Hall–Kier alpha value is -2.39. The van der Waals surface area contributed by atoms with Crippen molar-refractivity contribution in [3.63, 3.8) is 0 Å². The molecule has 0 aliphatic heterocycles. The van der Waals surface area contributed by atoms with Crippen LogP contribution in [0, 0.1) is 0 Å². The highest BCUT2D eigenvalue weighted by atomic mass is 32.2. The molecule has 2 aromatic rings. The van der Waals surface area contributed by atoms with Gasteiger partial charge in [-0.2, -0.15) is 17.9 Å². The fourth-order valence-corrected chi connectivity index (χ4v) is 3.63. The molecule has 0 saturated heterocycles. The fraction of sp³-hybridized carbons (Fsp3) is 0.188. The SMILES string of the molecule is O=C(O)C(Cc1ccccc1)NS(=O)(=O)c1ccccc1C(F)(F)F. The van der Waals surface area contributed by atoms with Gasteiger partial charge in [0, 0.05) is 0 Å². The topological polar surface area (TPSA) is 83.5 Å². The first-order valence-electron chi connectivity index (χ1n) is 7.06. The number of hydrogen-bond donors (Lipinski definition) is 2. The number of alkyl halides is 3. The molecule has 0 aromatic heterocycles. The third kappa shape index (κ3) is 4.80. The van der Waals surface area contributed by atoms with Gasteiger partial charge in [-0.3, -0.25) is 4.79 Å². The number of halogens is 3. The Morgan fingerprint density at radius 3 is 2.16 bits per heavy atom. The number of aliphatic carboxylic acids is 1. The van der Waals surface area contributed by atoms with Crippen LogP contribution in [0.5, 0.6) is 0 Å². The van der Waals surface area contributed by atoms with Gasteiger partial charge in [-0.05, 0) is 24.1 Å². The summed E-state index contributed by atoms with van der Waals surface area (Å²) in [5, 5.41) is 9.22. The monoisotopic (exact) mass is 373 g/mol. The molecule has 2 rings (SSSR count). The third-order valence-electron chi connectivity index (χ3n) is 3.36. The van der Waals surface area contributed by atoms with Crippen molar-refractivity contribution < 1.29 is 31.5 Å². The van der Waals surface area contributed by atoms with E-state index in [0.29, 0.717) is 11.6 Å². The van der Waals surface area contributed by atoms with Gasteiger partial charge >= 0.3 is 12.1 Å².